The highest BCUT2D eigenvalue weighted by atomic mass is 79.9. The predicted octanol–water partition coefficient (Wildman–Crippen LogP) is 2.44. The molecule has 4 heterocycles. The molecule has 1 atom stereocenters. The molecule has 0 unspecified atom stereocenters. The van der Waals surface area contributed by atoms with Crippen molar-refractivity contribution in [2.45, 2.75) is 18.4 Å². The van der Waals surface area contributed by atoms with Crippen LogP contribution >= 0.6 is 15.9 Å². The average Bonchev–Trinajstić information content (AvgIpc) is 3.34. The molecule has 0 radical (unpaired) electrons. The van der Waals surface area contributed by atoms with E-state index in [4.69, 9.17) is 14.9 Å². The van der Waals surface area contributed by atoms with Crippen LogP contribution in [-0.4, -0.2) is 45.7 Å². The maximum Gasteiger partial charge on any atom is 0.256 e. The van der Waals surface area contributed by atoms with Crippen LogP contribution in [0.1, 0.15) is 29.0 Å². The van der Waals surface area contributed by atoms with Gasteiger partial charge in [-0.1, -0.05) is 0 Å². The second-order valence-electron chi connectivity index (χ2n) is 6.34. The zero-order chi connectivity index (χ0) is 18.3. The number of hydrogen-bond donors (Lipinski definition) is 1. The number of aromatic nitrogens is 3. The Labute approximate surface area is 158 Å². The quantitative estimate of drug-likeness (QED) is 0.696. The Morgan fingerprint density at radius 3 is 3.08 bits per heavy atom. The molecule has 1 saturated heterocycles. The van der Waals surface area contributed by atoms with Gasteiger partial charge in [-0.2, -0.15) is 5.10 Å². The summed E-state index contributed by atoms with van der Waals surface area (Å²) < 4.78 is 13.4. The minimum absolute atomic E-state index is 0.142. The van der Waals surface area contributed by atoms with Gasteiger partial charge in [0.1, 0.15) is 17.6 Å². The number of amides is 1. The van der Waals surface area contributed by atoms with Crippen molar-refractivity contribution in [3.05, 3.63) is 46.7 Å². The van der Waals surface area contributed by atoms with Gasteiger partial charge in [-0.05, 0) is 47.0 Å². The molecule has 1 aliphatic heterocycles. The Kier molecular flexibility index (Phi) is 4.20. The number of ether oxygens (including phenoxy) is 1. The second-order valence-corrected chi connectivity index (χ2v) is 7.12. The first-order valence-electron chi connectivity index (χ1n) is 8.21. The van der Waals surface area contributed by atoms with Crippen LogP contribution < -0.4 is 5.73 Å². The Balaban J connectivity index is 1.77. The van der Waals surface area contributed by atoms with Crippen LogP contribution in [0, 0.1) is 0 Å². The summed E-state index contributed by atoms with van der Waals surface area (Å²) in [6, 6.07) is 5.34. The maximum atomic E-state index is 13.3. The number of methoxy groups -OCH3 is 1. The highest BCUT2D eigenvalue weighted by molar-refractivity contribution is 9.10. The summed E-state index contributed by atoms with van der Waals surface area (Å²) in [7, 11) is 1.63. The smallest absolute Gasteiger partial charge is 0.256 e. The van der Waals surface area contributed by atoms with Crippen molar-refractivity contribution in [3.8, 4) is 0 Å². The lowest BCUT2D eigenvalue weighted by molar-refractivity contribution is 0.0178. The number of nitrogens with zero attached hydrogens (tertiary/aromatic N) is 4. The highest BCUT2D eigenvalue weighted by Crippen LogP contribution is 2.41. The summed E-state index contributed by atoms with van der Waals surface area (Å²) in [5.41, 5.74) is 6.78. The van der Waals surface area contributed by atoms with Crippen LogP contribution in [0.4, 0.5) is 5.69 Å². The van der Waals surface area contributed by atoms with Gasteiger partial charge in [0.05, 0.1) is 17.9 Å². The van der Waals surface area contributed by atoms with Gasteiger partial charge in [-0.3, -0.25) is 4.79 Å². The number of rotatable bonds is 4. The Morgan fingerprint density at radius 1 is 1.50 bits per heavy atom. The number of furan rings is 1. The zero-order valence-corrected chi connectivity index (χ0v) is 15.8. The number of hydrogen-bond acceptors (Lipinski definition) is 6. The minimum atomic E-state index is -0.649. The molecule has 3 aromatic heterocycles. The zero-order valence-electron chi connectivity index (χ0n) is 14.2. The van der Waals surface area contributed by atoms with Gasteiger partial charge in [0.25, 0.3) is 5.91 Å². The SMILES string of the molecule is COC[C@]1(c2ccc(Br)o2)CCCN1C(=O)c1cc(N)c2ncnn2c1. The first-order valence-corrected chi connectivity index (χ1v) is 9.00. The third kappa shape index (κ3) is 2.58. The van der Waals surface area contributed by atoms with E-state index in [9.17, 15) is 4.79 Å². The summed E-state index contributed by atoms with van der Waals surface area (Å²) in [6.07, 6.45) is 4.67. The van der Waals surface area contributed by atoms with E-state index in [0.717, 1.165) is 12.8 Å². The summed E-state index contributed by atoms with van der Waals surface area (Å²) in [5, 5.41) is 4.09. The van der Waals surface area contributed by atoms with Gasteiger partial charge in [-0.15, -0.1) is 0 Å². The summed E-state index contributed by atoms with van der Waals surface area (Å²) in [5.74, 6) is 0.558. The van der Waals surface area contributed by atoms with Gasteiger partial charge in [-0.25, -0.2) is 9.50 Å². The molecule has 26 heavy (non-hydrogen) atoms. The van der Waals surface area contributed by atoms with Crippen molar-refractivity contribution < 1.29 is 13.9 Å². The molecule has 0 aliphatic carbocycles. The second kappa shape index (κ2) is 6.40. The standard InChI is InChI=1S/C17H18BrN5O3/c1-25-9-17(13-3-4-14(18)26-13)5-2-6-22(17)16(24)11-7-12(19)15-20-10-21-23(15)8-11/h3-4,7-8,10H,2,5-6,9,19H2,1H3/t17-/m0/s1. The Bertz CT molecular complexity index is 968. The number of pyridine rings is 1. The predicted molar refractivity (Wildman–Crippen MR) is 97.6 cm³/mol. The fourth-order valence-corrected chi connectivity index (χ4v) is 3.99. The third-order valence-electron chi connectivity index (χ3n) is 4.80. The highest BCUT2D eigenvalue weighted by Gasteiger charge is 2.48. The van der Waals surface area contributed by atoms with E-state index in [1.807, 2.05) is 12.1 Å². The first kappa shape index (κ1) is 17.0. The number of nitrogen functional groups attached to an aromatic ring is 1. The first-order chi connectivity index (χ1) is 12.5. The molecule has 0 saturated carbocycles. The number of anilines is 1. The molecule has 8 nitrogen and oxygen atoms in total. The van der Waals surface area contributed by atoms with Crippen molar-refractivity contribution in [2.75, 3.05) is 26.0 Å². The Morgan fingerprint density at radius 2 is 2.35 bits per heavy atom. The number of nitrogens with two attached hydrogens (primary N) is 1. The molecule has 1 amide bonds. The average molecular weight is 420 g/mol. The van der Waals surface area contributed by atoms with Crippen molar-refractivity contribution in [1.29, 1.82) is 0 Å². The molecular formula is C17H18BrN5O3. The third-order valence-corrected chi connectivity index (χ3v) is 5.23. The fraction of sp³-hybridized carbons (Fsp3) is 0.353. The fourth-order valence-electron chi connectivity index (χ4n) is 3.68. The van der Waals surface area contributed by atoms with Crippen molar-refractivity contribution >= 4 is 33.2 Å². The molecule has 3 aromatic rings. The molecule has 1 fully saturated rings. The van der Waals surface area contributed by atoms with Crippen molar-refractivity contribution in [2.24, 2.45) is 0 Å². The summed E-state index contributed by atoms with van der Waals surface area (Å²) in [6.45, 7) is 0.954. The largest absolute Gasteiger partial charge is 0.452 e. The van der Waals surface area contributed by atoms with E-state index in [1.165, 1.54) is 10.8 Å². The summed E-state index contributed by atoms with van der Waals surface area (Å²) >= 11 is 3.34. The van der Waals surface area contributed by atoms with E-state index in [1.54, 1.807) is 24.3 Å². The molecule has 0 bridgehead atoms. The van der Waals surface area contributed by atoms with Gasteiger partial charge < -0.3 is 19.8 Å². The Hall–Kier alpha value is -2.39. The van der Waals surface area contributed by atoms with Crippen LogP contribution in [0.3, 0.4) is 0 Å². The van der Waals surface area contributed by atoms with Crippen LogP contribution in [0.2, 0.25) is 0 Å². The molecule has 0 aromatic carbocycles. The van der Waals surface area contributed by atoms with Crippen LogP contribution in [0.5, 0.6) is 0 Å². The lowest BCUT2D eigenvalue weighted by atomic mass is 9.93. The maximum absolute atomic E-state index is 13.3. The van der Waals surface area contributed by atoms with Crippen LogP contribution in [0.25, 0.3) is 5.65 Å². The molecule has 9 heteroatoms. The van der Waals surface area contributed by atoms with Crippen LogP contribution in [-0.2, 0) is 10.3 Å². The van der Waals surface area contributed by atoms with Gasteiger partial charge in [0, 0.05) is 19.9 Å². The van der Waals surface area contributed by atoms with E-state index in [0.29, 0.717) is 40.5 Å². The topological polar surface area (TPSA) is 98.9 Å². The number of carbonyl (C=O) groups is 1. The van der Waals surface area contributed by atoms with Gasteiger partial charge in [0.15, 0.2) is 10.3 Å². The monoisotopic (exact) mass is 419 g/mol. The lowest BCUT2D eigenvalue weighted by Crippen LogP contribution is -2.48. The van der Waals surface area contributed by atoms with E-state index in [-0.39, 0.29) is 5.91 Å². The van der Waals surface area contributed by atoms with Crippen LogP contribution in [0.15, 0.2) is 39.8 Å². The van der Waals surface area contributed by atoms with Gasteiger partial charge >= 0.3 is 0 Å². The molecule has 4 rings (SSSR count). The molecule has 2 N–H and O–H groups in total. The number of fused-ring (bicyclic) bond motifs is 1. The van der Waals surface area contributed by atoms with Gasteiger partial charge in [0.2, 0.25) is 0 Å². The normalized spacial score (nSPS) is 20.2. The van der Waals surface area contributed by atoms with E-state index >= 15 is 0 Å². The van der Waals surface area contributed by atoms with Crippen molar-refractivity contribution in [1.82, 2.24) is 19.5 Å². The van der Waals surface area contributed by atoms with E-state index < -0.39 is 5.54 Å². The van der Waals surface area contributed by atoms with Crippen molar-refractivity contribution in [3.63, 3.8) is 0 Å². The molecule has 1 aliphatic rings. The minimum Gasteiger partial charge on any atom is -0.452 e. The number of carbonyl (C=O) groups excluding carboxylic acids is 1. The summed E-state index contributed by atoms with van der Waals surface area (Å²) in [4.78, 5) is 19.2. The molecule has 136 valence electrons. The van der Waals surface area contributed by atoms with E-state index in [2.05, 4.69) is 26.0 Å². The molecule has 0 spiro atoms. The molecular weight excluding hydrogens is 402 g/mol. The number of likely N-dealkylation sites (tertiary alicyclic amines) is 1. The lowest BCUT2D eigenvalue weighted by Gasteiger charge is -2.36. The number of halogens is 1.